The molecular formula is C26H30ClNO2. The molecule has 0 aromatic heterocycles. The summed E-state index contributed by atoms with van der Waals surface area (Å²) in [5.74, 6) is 3.31. The SMILES string of the molecule is Cc1cc(O[C@H](C)C(=O)Nc2ccc(C34CC5CC(CC(C5)C3)C4)cc2)ccc1Cl. The Labute approximate surface area is 184 Å². The molecule has 0 aliphatic heterocycles. The Morgan fingerprint density at radius 1 is 1.03 bits per heavy atom. The molecule has 1 atom stereocenters. The van der Waals surface area contributed by atoms with Crippen LogP contribution in [0.15, 0.2) is 42.5 Å². The van der Waals surface area contributed by atoms with Crippen molar-refractivity contribution in [1.82, 2.24) is 0 Å². The van der Waals surface area contributed by atoms with Crippen LogP contribution in [0.1, 0.15) is 56.6 Å². The molecule has 4 saturated carbocycles. The smallest absolute Gasteiger partial charge is 0.265 e. The second kappa shape index (κ2) is 7.60. The quantitative estimate of drug-likeness (QED) is 0.594. The number of rotatable bonds is 5. The van der Waals surface area contributed by atoms with E-state index in [0.717, 1.165) is 29.0 Å². The maximum atomic E-state index is 12.6. The summed E-state index contributed by atoms with van der Waals surface area (Å²) in [7, 11) is 0. The van der Waals surface area contributed by atoms with Crippen molar-refractivity contribution in [2.45, 2.75) is 63.9 Å². The predicted molar refractivity (Wildman–Crippen MR) is 121 cm³/mol. The lowest BCUT2D eigenvalue weighted by Crippen LogP contribution is -2.48. The fourth-order valence-corrected chi connectivity index (χ4v) is 6.68. The molecule has 0 radical (unpaired) electrons. The molecule has 4 heteroatoms. The van der Waals surface area contributed by atoms with E-state index in [1.165, 1.54) is 44.1 Å². The third-order valence-corrected chi connectivity index (χ3v) is 8.04. The van der Waals surface area contributed by atoms with Crippen molar-refractivity contribution >= 4 is 23.2 Å². The van der Waals surface area contributed by atoms with Gasteiger partial charge >= 0.3 is 0 Å². The largest absolute Gasteiger partial charge is 0.481 e. The average molecular weight is 424 g/mol. The van der Waals surface area contributed by atoms with Gasteiger partial charge in [-0.15, -0.1) is 0 Å². The first-order chi connectivity index (χ1) is 14.4. The minimum atomic E-state index is -0.589. The summed E-state index contributed by atoms with van der Waals surface area (Å²) in [6.07, 6.45) is 7.85. The summed E-state index contributed by atoms with van der Waals surface area (Å²) in [5.41, 5.74) is 3.62. The van der Waals surface area contributed by atoms with Gasteiger partial charge in [0.05, 0.1) is 0 Å². The van der Waals surface area contributed by atoms with Crippen LogP contribution in [0.2, 0.25) is 5.02 Å². The number of aryl methyl sites for hydroxylation is 1. The first kappa shape index (κ1) is 19.9. The van der Waals surface area contributed by atoms with Gasteiger partial charge in [-0.05, 0) is 117 Å². The number of nitrogens with one attached hydrogen (secondary N) is 1. The number of benzene rings is 2. The number of hydrogen-bond donors (Lipinski definition) is 1. The fourth-order valence-electron chi connectivity index (χ4n) is 6.56. The highest BCUT2D eigenvalue weighted by atomic mass is 35.5. The van der Waals surface area contributed by atoms with Crippen LogP contribution in [0.5, 0.6) is 5.75 Å². The molecule has 0 heterocycles. The molecule has 0 spiro atoms. The molecule has 1 amide bonds. The summed E-state index contributed by atoms with van der Waals surface area (Å²) < 4.78 is 5.80. The van der Waals surface area contributed by atoms with Crippen molar-refractivity contribution in [1.29, 1.82) is 0 Å². The number of ether oxygens (including phenoxy) is 1. The van der Waals surface area contributed by atoms with Crippen molar-refractivity contribution in [3.05, 3.63) is 58.6 Å². The van der Waals surface area contributed by atoms with Crippen LogP contribution in [-0.4, -0.2) is 12.0 Å². The Morgan fingerprint density at radius 3 is 2.20 bits per heavy atom. The number of carbonyl (C=O) groups excluding carboxylic acids is 1. The fraction of sp³-hybridized carbons (Fsp3) is 0.500. The van der Waals surface area contributed by atoms with Gasteiger partial charge in [-0.2, -0.15) is 0 Å². The first-order valence-electron chi connectivity index (χ1n) is 11.2. The Hall–Kier alpha value is -2.00. The monoisotopic (exact) mass is 423 g/mol. The van der Waals surface area contributed by atoms with Gasteiger partial charge in [0.2, 0.25) is 0 Å². The Bertz CT molecular complexity index is 917. The Morgan fingerprint density at radius 2 is 1.63 bits per heavy atom. The lowest BCUT2D eigenvalue weighted by molar-refractivity contribution is -0.122. The van der Waals surface area contributed by atoms with Crippen molar-refractivity contribution in [3.63, 3.8) is 0 Å². The zero-order valence-corrected chi connectivity index (χ0v) is 18.5. The minimum Gasteiger partial charge on any atom is -0.481 e. The van der Waals surface area contributed by atoms with Gasteiger partial charge in [-0.3, -0.25) is 4.79 Å². The molecule has 30 heavy (non-hydrogen) atoms. The molecule has 4 bridgehead atoms. The van der Waals surface area contributed by atoms with Gasteiger partial charge < -0.3 is 10.1 Å². The zero-order chi connectivity index (χ0) is 20.9. The maximum Gasteiger partial charge on any atom is 0.265 e. The third-order valence-electron chi connectivity index (χ3n) is 7.61. The van der Waals surface area contributed by atoms with E-state index >= 15 is 0 Å². The molecule has 4 aliphatic carbocycles. The highest BCUT2D eigenvalue weighted by molar-refractivity contribution is 6.31. The van der Waals surface area contributed by atoms with E-state index in [-0.39, 0.29) is 5.91 Å². The van der Waals surface area contributed by atoms with E-state index in [0.29, 0.717) is 16.2 Å². The van der Waals surface area contributed by atoms with Crippen LogP contribution >= 0.6 is 11.6 Å². The van der Waals surface area contributed by atoms with Crippen LogP contribution in [0.4, 0.5) is 5.69 Å². The Kier molecular flexibility index (Phi) is 5.05. The lowest BCUT2D eigenvalue weighted by Gasteiger charge is -2.57. The zero-order valence-electron chi connectivity index (χ0n) is 17.8. The standard InChI is InChI=1S/C26H30ClNO2/c1-16-9-23(7-8-24(16)27)30-17(2)25(29)28-22-5-3-21(4-6-22)26-13-18-10-19(14-26)12-20(11-18)15-26/h3-9,17-20H,10-15H2,1-2H3,(H,28,29)/t17-,18?,19?,20?,26?/m1/s1. The van der Waals surface area contributed by atoms with E-state index in [1.54, 1.807) is 19.1 Å². The van der Waals surface area contributed by atoms with Crippen molar-refractivity contribution < 1.29 is 9.53 Å². The molecule has 1 N–H and O–H groups in total. The first-order valence-corrected chi connectivity index (χ1v) is 11.6. The molecule has 2 aromatic carbocycles. The molecule has 0 unspecified atom stereocenters. The van der Waals surface area contributed by atoms with Crippen molar-refractivity contribution in [2.75, 3.05) is 5.32 Å². The molecular weight excluding hydrogens is 394 g/mol. The van der Waals surface area contributed by atoms with Crippen LogP contribution in [0.3, 0.4) is 0 Å². The van der Waals surface area contributed by atoms with Crippen LogP contribution in [0, 0.1) is 24.7 Å². The van der Waals surface area contributed by atoms with E-state index in [9.17, 15) is 4.79 Å². The molecule has 3 nitrogen and oxygen atoms in total. The van der Waals surface area contributed by atoms with Gasteiger partial charge in [0.25, 0.3) is 5.91 Å². The van der Waals surface area contributed by atoms with Crippen LogP contribution in [-0.2, 0) is 10.2 Å². The molecule has 6 rings (SSSR count). The molecule has 158 valence electrons. The molecule has 4 aliphatic rings. The van der Waals surface area contributed by atoms with Crippen LogP contribution < -0.4 is 10.1 Å². The summed E-state index contributed by atoms with van der Waals surface area (Å²) in [5, 5.41) is 3.69. The lowest BCUT2D eigenvalue weighted by atomic mass is 9.48. The molecule has 2 aromatic rings. The van der Waals surface area contributed by atoms with Gasteiger partial charge in [0.1, 0.15) is 5.75 Å². The highest BCUT2D eigenvalue weighted by Crippen LogP contribution is 2.60. The highest BCUT2D eigenvalue weighted by Gasteiger charge is 2.51. The number of halogens is 1. The summed E-state index contributed by atoms with van der Waals surface area (Å²) in [4.78, 5) is 12.6. The summed E-state index contributed by atoms with van der Waals surface area (Å²) >= 11 is 6.06. The van der Waals surface area contributed by atoms with Gasteiger partial charge in [0.15, 0.2) is 6.10 Å². The topological polar surface area (TPSA) is 38.3 Å². The third kappa shape index (κ3) is 3.73. The van der Waals surface area contributed by atoms with Gasteiger partial charge in [-0.25, -0.2) is 0 Å². The summed E-state index contributed by atoms with van der Waals surface area (Å²) in [6.45, 7) is 3.69. The number of anilines is 1. The van der Waals surface area contributed by atoms with E-state index in [1.807, 2.05) is 13.0 Å². The number of carbonyl (C=O) groups is 1. The second-order valence-electron chi connectivity index (χ2n) is 9.94. The minimum absolute atomic E-state index is 0.148. The Balaban J connectivity index is 1.24. The van der Waals surface area contributed by atoms with Crippen molar-refractivity contribution in [2.24, 2.45) is 17.8 Å². The predicted octanol–water partition coefficient (Wildman–Crippen LogP) is 6.52. The van der Waals surface area contributed by atoms with Gasteiger partial charge in [-0.1, -0.05) is 23.7 Å². The van der Waals surface area contributed by atoms with E-state index < -0.39 is 6.10 Å². The number of hydrogen-bond acceptors (Lipinski definition) is 2. The van der Waals surface area contributed by atoms with Gasteiger partial charge in [0, 0.05) is 10.7 Å². The second-order valence-corrected chi connectivity index (χ2v) is 10.3. The van der Waals surface area contributed by atoms with Crippen LogP contribution in [0.25, 0.3) is 0 Å². The van der Waals surface area contributed by atoms with E-state index in [2.05, 4.69) is 29.6 Å². The normalized spacial score (nSPS) is 30.2. The van der Waals surface area contributed by atoms with Crippen molar-refractivity contribution in [3.8, 4) is 5.75 Å². The summed E-state index contributed by atoms with van der Waals surface area (Å²) in [6, 6.07) is 14.1. The number of amides is 1. The molecule has 0 saturated heterocycles. The molecule has 4 fully saturated rings. The van der Waals surface area contributed by atoms with E-state index in [4.69, 9.17) is 16.3 Å². The average Bonchev–Trinajstić information content (AvgIpc) is 2.70. The maximum absolute atomic E-state index is 12.6.